The minimum absolute atomic E-state index is 0. The Balaban J connectivity index is 0.00000220. The highest BCUT2D eigenvalue weighted by molar-refractivity contribution is 5.85. The molecular formula is C15H24ClN3O2. The van der Waals surface area contributed by atoms with E-state index in [0.29, 0.717) is 12.6 Å². The van der Waals surface area contributed by atoms with E-state index in [1.807, 2.05) is 12.4 Å². The third-order valence-electron chi connectivity index (χ3n) is 3.83. The van der Waals surface area contributed by atoms with Crippen LogP contribution in [0.15, 0.2) is 24.5 Å². The maximum absolute atomic E-state index is 10.5. The van der Waals surface area contributed by atoms with Crippen molar-refractivity contribution in [3.63, 3.8) is 0 Å². The van der Waals surface area contributed by atoms with Crippen molar-refractivity contribution >= 4 is 18.4 Å². The van der Waals surface area contributed by atoms with Gasteiger partial charge in [-0.1, -0.05) is 0 Å². The number of carbonyl (C=O) groups is 1. The Kier molecular flexibility index (Phi) is 8.27. The predicted molar refractivity (Wildman–Crippen MR) is 84.9 cm³/mol. The molecule has 0 aliphatic carbocycles. The summed E-state index contributed by atoms with van der Waals surface area (Å²) < 4.78 is 0. The lowest BCUT2D eigenvalue weighted by molar-refractivity contribution is -0.136. The zero-order chi connectivity index (χ0) is 14.2. The molecular weight excluding hydrogens is 290 g/mol. The maximum Gasteiger partial charge on any atom is 0.304 e. The van der Waals surface area contributed by atoms with Gasteiger partial charge >= 0.3 is 5.97 Å². The van der Waals surface area contributed by atoms with Crippen molar-refractivity contribution in [2.45, 2.75) is 31.7 Å². The van der Waals surface area contributed by atoms with Crippen LogP contribution in [-0.2, 0) is 11.2 Å². The van der Waals surface area contributed by atoms with Gasteiger partial charge in [-0.15, -0.1) is 12.4 Å². The van der Waals surface area contributed by atoms with Gasteiger partial charge in [-0.25, -0.2) is 0 Å². The van der Waals surface area contributed by atoms with E-state index in [0.717, 1.165) is 38.9 Å². The molecule has 0 amide bonds. The van der Waals surface area contributed by atoms with Crippen molar-refractivity contribution in [1.29, 1.82) is 0 Å². The van der Waals surface area contributed by atoms with Gasteiger partial charge in [0.15, 0.2) is 0 Å². The molecule has 0 aromatic carbocycles. The molecule has 5 nitrogen and oxygen atoms in total. The van der Waals surface area contributed by atoms with Gasteiger partial charge < -0.3 is 15.3 Å². The molecule has 1 aromatic heterocycles. The fourth-order valence-electron chi connectivity index (χ4n) is 2.58. The Morgan fingerprint density at radius 3 is 2.62 bits per heavy atom. The van der Waals surface area contributed by atoms with Gasteiger partial charge in [0.05, 0.1) is 6.42 Å². The number of carboxylic acids is 1. The third-order valence-corrected chi connectivity index (χ3v) is 3.83. The molecule has 0 radical (unpaired) electrons. The number of nitrogens with one attached hydrogen (secondary N) is 1. The van der Waals surface area contributed by atoms with Crippen LogP contribution in [0.1, 0.15) is 24.8 Å². The highest BCUT2D eigenvalue weighted by Crippen LogP contribution is 2.11. The molecule has 6 heteroatoms. The molecule has 0 spiro atoms. The van der Waals surface area contributed by atoms with E-state index in [2.05, 4.69) is 27.3 Å². The molecule has 2 rings (SSSR count). The maximum atomic E-state index is 10.5. The van der Waals surface area contributed by atoms with Crippen LogP contribution in [0.2, 0.25) is 0 Å². The second-order valence-corrected chi connectivity index (χ2v) is 5.32. The minimum atomic E-state index is -0.729. The molecule has 0 bridgehead atoms. The number of aliphatic carboxylic acids is 1. The number of halogens is 1. The van der Waals surface area contributed by atoms with Gasteiger partial charge in [-0.05, 0) is 50.0 Å². The Morgan fingerprint density at radius 2 is 2.00 bits per heavy atom. The first-order valence-corrected chi connectivity index (χ1v) is 7.30. The fraction of sp³-hybridized carbons (Fsp3) is 0.600. The summed E-state index contributed by atoms with van der Waals surface area (Å²) in [6.45, 7) is 3.86. The van der Waals surface area contributed by atoms with Gasteiger partial charge in [0.25, 0.3) is 0 Å². The predicted octanol–water partition coefficient (Wildman–Crippen LogP) is 1.57. The Hall–Kier alpha value is -1.17. The van der Waals surface area contributed by atoms with E-state index in [9.17, 15) is 4.79 Å². The van der Waals surface area contributed by atoms with E-state index in [1.54, 1.807) is 0 Å². The summed E-state index contributed by atoms with van der Waals surface area (Å²) in [6.07, 6.45) is 7.18. The van der Waals surface area contributed by atoms with Crippen LogP contribution in [0.5, 0.6) is 0 Å². The molecule has 1 fully saturated rings. The summed E-state index contributed by atoms with van der Waals surface area (Å²) in [5.74, 6) is -0.729. The number of nitrogens with zero attached hydrogens (tertiary/aromatic N) is 2. The number of rotatable bonds is 7. The van der Waals surface area contributed by atoms with Gasteiger partial charge in [-0.2, -0.15) is 0 Å². The molecule has 118 valence electrons. The summed E-state index contributed by atoms with van der Waals surface area (Å²) in [5.41, 5.74) is 1.33. The van der Waals surface area contributed by atoms with Gasteiger partial charge in [0.2, 0.25) is 0 Å². The molecule has 0 unspecified atom stereocenters. The van der Waals surface area contributed by atoms with E-state index in [1.165, 1.54) is 5.56 Å². The summed E-state index contributed by atoms with van der Waals surface area (Å²) >= 11 is 0. The number of hydrogen-bond donors (Lipinski definition) is 2. The number of piperidine rings is 1. The van der Waals surface area contributed by atoms with Crippen molar-refractivity contribution in [2.24, 2.45) is 0 Å². The second kappa shape index (κ2) is 9.71. The van der Waals surface area contributed by atoms with E-state index >= 15 is 0 Å². The number of likely N-dealkylation sites (tertiary alicyclic amines) is 1. The quantitative estimate of drug-likeness (QED) is 0.800. The SMILES string of the molecule is Cl.O=C(O)CCNC1CCN(CCc2ccncc2)CC1. The molecule has 1 aliphatic rings. The van der Waals surface area contributed by atoms with Crippen LogP contribution in [-0.4, -0.2) is 53.2 Å². The van der Waals surface area contributed by atoms with Crippen LogP contribution >= 0.6 is 12.4 Å². The molecule has 1 aromatic rings. The summed E-state index contributed by atoms with van der Waals surface area (Å²) in [4.78, 5) is 17.0. The van der Waals surface area contributed by atoms with Crippen molar-refractivity contribution in [2.75, 3.05) is 26.2 Å². The number of pyridine rings is 1. The monoisotopic (exact) mass is 313 g/mol. The largest absolute Gasteiger partial charge is 0.481 e. The Morgan fingerprint density at radius 1 is 1.33 bits per heavy atom. The van der Waals surface area contributed by atoms with Crippen LogP contribution in [0.3, 0.4) is 0 Å². The normalized spacial score (nSPS) is 16.4. The first-order chi connectivity index (χ1) is 9.74. The number of hydrogen-bond acceptors (Lipinski definition) is 4. The van der Waals surface area contributed by atoms with Crippen molar-refractivity contribution in [3.8, 4) is 0 Å². The van der Waals surface area contributed by atoms with Crippen molar-refractivity contribution in [3.05, 3.63) is 30.1 Å². The molecule has 0 saturated carbocycles. The standard InChI is InChI=1S/C15H23N3O2.ClH/c19-15(20)3-9-17-14-5-11-18(12-6-14)10-4-13-1-7-16-8-2-13;/h1-2,7-8,14,17H,3-6,9-12H2,(H,19,20);1H. The zero-order valence-electron chi connectivity index (χ0n) is 12.2. The summed E-state index contributed by atoms with van der Waals surface area (Å²) in [5, 5.41) is 11.9. The Labute approximate surface area is 132 Å². The van der Waals surface area contributed by atoms with E-state index in [-0.39, 0.29) is 18.8 Å². The van der Waals surface area contributed by atoms with Crippen LogP contribution < -0.4 is 5.32 Å². The Bertz CT molecular complexity index is 409. The first kappa shape index (κ1) is 17.9. The number of carboxylic acid groups (broad SMARTS) is 1. The highest BCUT2D eigenvalue weighted by atomic mass is 35.5. The van der Waals surface area contributed by atoms with Crippen LogP contribution in [0.4, 0.5) is 0 Å². The van der Waals surface area contributed by atoms with Crippen LogP contribution in [0, 0.1) is 0 Å². The van der Waals surface area contributed by atoms with E-state index in [4.69, 9.17) is 5.11 Å². The first-order valence-electron chi connectivity index (χ1n) is 7.30. The summed E-state index contributed by atoms with van der Waals surface area (Å²) in [6, 6.07) is 4.62. The van der Waals surface area contributed by atoms with Gasteiger partial charge in [0.1, 0.15) is 0 Å². The lowest BCUT2D eigenvalue weighted by atomic mass is 10.0. The van der Waals surface area contributed by atoms with Gasteiger partial charge in [0, 0.05) is 31.5 Å². The van der Waals surface area contributed by atoms with E-state index < -0.39 is 5.97 Å². The zero-order valence-corrected chi connectivity index (χ0v) is 13.0. The van der Waals surface area contributed by atoms with Gasteiger partial charge in [-0.3, -0.25) is 9.78 Å². The average Bonchev–Trinajstić information content (AvgIpc) is 2.47. The average molecular weight is 314 g/mol. The molecule has 1 saturated heterocycles. The summed E-state index contributed by atoms with van der Waals surface area (Å²) in [7, 11) is 0. The molecule has 0 atom stereocenters. The smallest absolute Gasteiger partial charge is 0.304 e. The molecule has 2 N–H and O–H groups in total. The topological polar surface area (TPSA) is 65.5 Å². The number of aromatic nitrogens is 1. The minimum Gasteiger partial charge on any atom is -0.481 e. The molecule has 1 aliphatic heterocycles. The highest BCUT2D eigenvalue weighted by Gasteiger charge is 2.18. The lowest BCUT2D eigenvalue weighted by Crippen LogP contribution is -2.43. The van der Waals surface area contributed by atoms with Crippen LogP contribution in [0.25, 0.3) is 0 Å². The van der Waals surface area contributed by atoms with Crippen molar-refractivity contribution in [1.82, 2.24) is 15.2 Å². The molecule has 21 heavy (non-hydrogen) atoms. The lowest BCUT2D eigenvalue weighted by Gasteiger charge is -2.32. The fourth-order valence-corrected chi connectivity index (χ4v) is 2.58. The second-order valence-electron chi connectivity index (χ2n) is 5.32. The third kappa shape index (κ3) is 6.89. The molecule has 2 heterocycles. The van der Waals surface area contributed by atoms with Crippen molar-refractivity contribution < 1.29 is 9.90 Å².